The third-order valence-corrected chi connectivity index (χ3v) is 4.50. The first-order valence-corrected chi connectivity index (χ1v) is 7.40. The highest BCUT2D eigenvalue weighted by molar-refractivity contribution is 4.85. The molecule has 2 aliphatic rings. The van der Waals surface area contributed by atoms with E-state index in [2.05, 4.69) is 29.2 Å². The van der Waals surface area contributed by atoms with Crippen LogP contribution in [0.15, 0.2) is 0 Å². The van der Waals surface area contributed by atoms with E-state index in [-0.39, 0.29) is 0 Å². The van der Waals surface area contributed by atoms with Crippen LogP contribution in [0.2, 0.25) is 0 Å². The van der Waals surface area contributed by atoms with Gasteiger partial charge >= 0.3 is 0 Å². The molecular formula is C14H29N3. The van der Waals surface area contributed by atoms with E-state index in [4.69, 9.17) is 0 Å². The van der Waals surface area contributed by atoms with E-state index >= 15 is 0 Å². The van der Waals surface area contributed by atoms with Gasteiger partial charge in [0, 0.05) is 18.6 Å². The number of hydrogen-bond acceptors (Lipinski definition) is 3. The Hall–Kier alpha value is -0.120. The number of nitrogens with zero attached hydrogens (tertiary/aromatic N) is 2. The fraction of sp³-hybridized carbons (Fsp3) is 1.00. The molecule has 0 aromatic carbocycles. The molecule has 3 heteroatoms. The molecule has 0 aromatic heterocycles. The fourth-order valence-electron chi connectivity index (χ4n) is 3.51. The number of likely N-dealkylation sites (N-methyl/N-ethyl adjacent to an activating group) is 1. The normalized spacial score (nSPS) is 33.5. The average Bonchev–Trinajstić information content (AvgIpc) is 2.55. The largest absolute Gasteiger partial charge is 0.318 e. The highest BCUT2D eigenvalue weighted by atomic mass is 15.2. The van der Waals surface area contributed by atoms with E-state index in [1.165, 1.54) is 64.7 Å². The maximum Gasteiger partial charge on any atom is 0.0223 e. The van der Waals surface area contributed by atoms with Gasteiger partial charge in [-0.2, -0.15) is 0 Å². The summed E-state index contributed by atoms with van der Waals surface area (Å²) in [6.07, 6.45) is 8.39. The lowest BCUT2D eigenvalue weighted by molar-refractivity contribution is 0.0860. The van der Waals surface area contributed by atoms with Crippen molar-refractivity contribution in [2.45, 2.75) is 50.6 Å². The second kappa shape index (κ2) is 6.72. The van der Waals surface area contributed by atoms with Gasteiger partial charge in [-0.15, -0.1) is 0 Å². The molecule has 2 rings (SSSR count). The molecule has 0 bridgehead atoms. The van der Waals surface area contributed by atoms with Gasteiger partial charge in [0.05, 0.1) is 0 Å². The van der Waals surface area contributed by atoms with Gasteiger partial charge in [0.1, 0.15) is 0 Å². The van der Waals surface area contributed by atoms with Crippen molar-refractivity contribution >= 4 is 0 Å². The molecule has 0 aliphatic carbocycles. The summed E-state index contributed by atoms with van der Waals surface area (Å²) in [5, 5.41) is 3.38. The predicted octanol–water partition coefficient (Wildman–Crippen LogP) is 1.54. The molecule has 100 valence electrons. The number of likely N-dealkylation sites (tertiary alicyclic amines) is 2. The first-order valence-electron chi connectivity index (χ1n) is 7.40. The Kier molecular flexibility index (Phi) is 5.26. The van der Waals surface area contributed by atoms with Crippen LogP contribution < -0.4 is 5.32 Å². The number of rotatable bonds is 3. The minimum Gasteiger partial charge on any atom is -0.318 e. The smallest absolute Gasteiger partial charge is 0.0223 e. The molecule has 1 N–H and O–H groups in total. The Labute approximate surface area is 107 Å². The Bertz CT molecular complexity index is 218. The number of hydrogen-bond donors (Lipinski definition) is 1. The van der Waals surface area contributed by atoms with Crippen molar-refractivity contribution in [2.75, 3.05) is 40.3 Å². The second-order valence-corrected chi connectivity index (χ2v) is 5.83. The van der Waals surface area contributed by atoms with E-state index in [1.54, 1.807) is 0 Å². The zero-order valence-electron chi connectivity index (χ0n) is 11.6. The van der Waals surface area contributed by atoms with Crippen molar-refractivity contribution < 1.29 is 0 Å². The van der Waals surface area contributed by atoms with Crippen LogP contribution in [0.4, 0.5) is 0 Å². The molecule has 0 radical (unpaired) electrons. The standard InChI is InChI=1S/C14H29N3/c1-15-12-14-6-3-4-10-17(14)13-7-5-9-16(2)11-8-13/h13-15H,3-12H2,1-2H3. The van der Waals surface area contributed by atoms with Gasteiger partial charge in [-0.3, -0.25) is 4.90 Å². The lowest BCUT2D eigenvalue weighted by atomic mass is 9.96. The van der Waals surface area contributed by atoms with Gasteiger partial charge in [-0.05, 0) is 65.8 Å². The van der Waals surface area contributed by atoms with Gasteiger partial charge in [-0.1, -0.05) is 6.42 Å². The van der Waals surface area contributed by atoms with E-state index in [0.29, 0.717) is 0 Å². The molecule has 3 nitrogen and oxygen atoms in total. The summed E-state index contributed by atoms with van der Waals surface area (Å²) in [5.41, 5.74) is 0. The van der Waals surface area contributed by atoms with Crippen LogP contribution in [0.1, 0.15) is 38.5 Å². The summed E-state index contributed by atoms with van der Waals surface area (Å²) in [4.78, 5) is 5.32. The van der Waals surface area contributed by atoms with Gasteiger partial charge in [0.15, 0.2) is 0 Å². The fourth-order valence-corrected chi connectivity index (χ4v) is 3.51. The Balaban J connectivity index is 1.92. The minimum atomic E-state index is 0.794. The van der Waals surface area contributed by atoms with Crippen molar-refractivity contribution in [3.8, 4) is 0 Å². The lowest BCUT2D eigenvalue weighted by Crippen LogP contribution is -2.50. The summed E-state index contributed by atoms with van der Waals surface area (Å²) in [7, 11) is 4.36. The maximum atomic E-state index is 3.38. The quantitative estimate of drug-likeness (QED) is 0.806. The van der Waals surface area contributed by atoms with Crippen molar-refractivity contribution in [3.05, 3.63) is 0 Å². The Morgan fingerprint density at radius 2 is 1.88 bits per heavy atom. The summed E-state index contributed by atoms with van der Waals surface area (Å²) in [5.74, 6) is 0. The van der Waals surface area contributed by atoms with Crippen molar-refractivity contribution in [3.63, 3.8) is 0 Å². The van der Waals surface area contributed by atoms with E-state index < -0.39 is 0 Å². The molecule has 0 aromatic rings. The third-order valence-electron chi connectivity index (χ3n) is 4.50. The van der Waals surface area contributed by atoms with Crippen molar-refractivity contribution in [1.29, 1.82) is 0 Å². The highest BCUT2D eigenvalue weighted by Gasteiger charge is 2.29. The molecule has 2 saturated heterocycles. The Morgan fingerprint density at radius 1 is 1.00 bits per heavy atom. The zero-order valence-corrected chi connectivity index (χ0v) is 11.6. The first kappa shape index (κ1) is 13.3. The molecule has 2 atom stereocenters. The summed E-state index contributed by atoms with van der Waals surface area (Å²) in [6.45, 7) is 5.08. The predicted molar refractivity (Wildman–Crippen MR) is 73.4 cm³/mol. The Morgan fingerprint density at radius 3 is 2.71 bits per heavy atom. The van der Waals surface area contributed by atoms with Crippen LogP contribution >= 0.6 is 0 Å². The summed E-state index contributed by atoms with van der Waals surface area (Å²) < 4.78 is 0. The van der Waals surface area contributed by atoms with Gasteiger partial charge in [0.25, 0.3) is 0 Å². The van der Waals surface area contributed by atoms with Gasteiger partial charge in [0.2, 0.25) is 0 Å². The van der Waals surface area contributed by atoms with Crippen molar-refractivity contribution in [2.24, 2.45) is 0 Å². The maximum absolute atomic E-state index is 3.38. The first-order chi connectivity index (χ1) is 8.31. The molecule has 17 heavy (non-hydrogen) atoms. The van der Waals surface area contributed by atoms with Crippen LogP contribution in [-0.4, -0.2) is 62.2 Å². The highest BCUT2D eigenvalue weighted by Crippen LogP contribution is 2.24. The zero-order chi connectivity index (χ0) is 12.1. The minimum absolute atomic E-state index is 0.794. The van der Waals surface area contributed by atoms with Crippen LogP contribution in [0.3, 0.4) is 0 Å². The molecule has 2 fully saturated rings. The monoisotopic (exact) mass is 239 g/mol. The SMILES string of the molecule is CNCC1CCCCN1C1CCCN(C)CC1. The van der Waals surface area contributed by atoms with Crippen molar-refractivity contribution in [1.82, 2.24) is 15.1 Å². The molecular weight excluding hydrogens is 210 g/mol. The lowest BCUT2D eigenvalue weighted by Gasteiger charge is -2.41. The van der Waals surface area contributed by atoms with Crippen LogP contribution in [-0.2, 0) is 0 Å². The molecule has 0 saturated carbocycles. The van der Waals surface area contributed by atoms with Crippen LogP contribution in [0, 0.1) is 0 Å². The summed E-state index contributed by atoms with van der Waals surface area (Å²) >= 11 is 0. The number of piperidine rings is 1. The number of nitrogens with one attached hydrogen (secondary N) is 1. The molecule has 2 heterocycles. The molecule has 0 spiro atoms. The summed E-state index contributed by atoms with van der Waals surface area (Å²) in [6, 6.07) is 1.64. The van der Waals surface area contributed by atoms with E-state index in [0.717, 1.165) is 12.1 Å². The van der Waals surface area contributed by atoms with Gasteiger partial charge < -0.3 is 10.2 Å². The van der Waals surface area contributed by atoms with Gasteiger partial charge in [-0.25, -0.2) is 0 Å². The third kappa shape index (κ3) is 3.67. The average molecular weight is 239 g/mol. The topological polar surface area (TPSA) is 18.5 Å². The second-order valence-electron chi connectivity index (χ2n) is 5.83. The molecule has 0 amide bonds. The van der Waals surface area contributed by atoms with E-state index in [1.807, 2.05) is 0 Å². The van der Waals surface area contributed by atoms with Crippen LogP contribution in [0.5, 0.6) is 0 Å². The molecule has 2 unspecified atom stereocenters. The van der Waals surface area contributed by atoms with Crippen LogP contribution in [0.25, 0.3) is 0 Å². The van der Waals surface area contributed by atoms with E-state index in [9.17, 15) is 0 Å². The molecule has 2 aliphatic heterocycles.